The van der Waals surface area contributed by atoms with E-state index in [-0.39, 0.29) is 10.8 Å². The van der Waals surface area contributed by atoms with E-state index >= 15 is 0 Å². The van der Waals surface area contributed by atoms with Crippen molar-refractivity contribution >= 4 is 23.5 Å². The van der Waals surface area contributed by atoms with Gasteiger partial charge in [0.25, 0.3) is 0 Å². The third kappa shape index (κ3) is 8.40. The molecule has 1 aliphatic heterocycles. The van der Waals surface area contributed by atoms with Crippen LogP contribution in [0.15, 0.2) is 29.2 Å². The SMILES string of the molecule is COc1ccc(CSC2CCN(CC(O)CSc3cc(C(C)(C)C)c(O)c(C(C)(C)C)c3)CC2)c(OC)c1OC. The van der Waals surface area contributed by atoms with E-state index in [0.717, 1.165) is 59.0 Å². The van der Waals surface area contributed by atoms with E-state index in [9.17, 15) is 10.2 Å². The molecule has 1 atom stereocenters. The quantitative estimate of drug-likeness (QED) is 0.275. The second-order valence-electron chi connectivity index (χ2n) is 12.6. The fraction of sp³-hybridized carbons (Fsp3) is 0.625. The Kier molecular flexibility index (Phi) is 11.4. The first-order chi connectivity index (χ1) is 18.8. The van der Waals surface area contributed by atoms with Crippen LogP contribution in [0, 0.1) is 0 Å². The molecule has 0 spiro atoms. The summed E-state index contributed by atoms with van der Waals surface area (Å²) in [7, 11) is 4.94. The molecule has 1 heterocycles. The molecule has 2 aromatic rings. The molecule has 224 valence electrons. The third-order valence-electron chi connectivity index (χ3n) is 7.41. The highest BCUT2D eigenvalue weighted by atomic mass is 32.2. The van der Waals surface area contributed by atoms with Gasteiger partial charge in [-0.25, -0.2) is 0 Å². The summed E-state index contributed by atoms with van der Waals surface area (Å²) in [6, 6.07) is 8.18. The number of hydrogen-bond acceptors (Lipinski definition) is 8. The van der Waals surface area contributed by atoms with Gasteiger partial charge in [0.2, 0.25) is 5.75 Å². The number of methoxy groups -OCH3 is 3. The molecule has 0 saturated carbocycles. The fourth-order valence-corrected chi connectivity index (χ4v) is 7.20. The largest absolute Gasteiger partial charge is 0.507 e. The van der Waals surface area contributed by atoms with Crippen LogP contribution >= 0.6 is 23.5 Å². The van der Waals surface area contributed by atoms with Crippen molar-refractivity contribution in [3.63, 3.8) is 0 Å². The van der Waals surface area contributed by atoms with E-state index in [2.05, 4.69) is 64.6 Å². The number of ether oxygens (including phenoxy) is 3. The Hall–Kier alpha value is -1.74. The number of piperidine rings is 1. The van der Waals surface area contributed by atoms with E-state index in [0.29, 0.717) is 34.8 Å². The van der Waals surface area contributed by atoms with Crippen LogP contribution in [-0.4, -0.2) is 73.2 Å². The third-order valence-corrected chi connectivity index (χ3v) is 9.95. The maximum atomic E-state index is 11.0. The summed E-state index contributed by atoms with van der Waals surface area (Å²) in [6.07, 6.45) is 1.79. The summed E-state index contributed by atoms with van der Waals surface area (Å²) < 4.78 is 16.6. The predicted octanol–water partition coefficient (Wildman–Crippen LogP) is 6.86. The van der Waals surface area contributed by atoms with E-state index in [1.54, 1.807) is 33.1 Å². The molecular weight excluding hydrogens is 542 g/mol. The minimum atomic E-state index is -0.407. The fourth-order valence-electron chi connectivity index (χ4n) is 5.12. The van der Waals surface area contributed by atoms with E-state index in [4.69, 9.17) is 14.2 Å². The average Bonchev–Trinajstić information content (AvgIpc) is 2.90. The summed E-state index contributed by atoms with van der Waals surface area (Å²) in [5, 5.41) is 22.5. The number of phenolic OH excluding ortho intramolecular Hbond substituents is 1. The number of aromatic hydroxyl groups is 1. The molecule has 0 aromatic heterocycles. The Bertz CT molecular complexity index is 1080. The summed E-state index contributed by atoms with van der Waals surface area (Å²) >= 11 is 3.64. The lowest BCUT2D eigenvalue weighted by molar-refractivity contribution is 0.118. The first kappa shape index (κ1) is 32.8. The van der Waals surface area contributed by atoms with Gasteiger partial charge in [-0.3, -0.25) is 0 Å². The Balaban J connectivity index is 1.52. The first-order valence-corrected chi connectivity index (χ1v) is 16.1. The molecule has 3 rings (SSSR count). The number of thioether (sulfide) groups is 2. The van der Waals surface area contributed by atoms with Gasteiger partial charge in [0.15, 0.2) is 11.5 Å². The normalized spacial score (nSPS) is 16.1. The summed E-state index contributed by atoms with van der Waals surface area (Å²) in [6.45, 7) is 15.4. The Morgan fingerprint density at radius 1 is 0.900 bits per heavy atom. The number of rotatable bonds is 11. The number of likely N-dealkylation sites (tertiary alicyclic amines) is 1. The van der Waals surface area contributed by atoms with Crippen molar-refractivity contribution in [1.82, 2.24) is 4.90 Å². The predicted molar refractivity (Wildman–Crippen MR) is 169 cm³/mol. The molecule has 6 nitrogen and oxygen atoms in total. The number of phenols is 1. The van der Waals surface area contributed by atoms with Crippen LogP contribution in [0.2, 0.25) is 0 Å². The number of aliphatic hydroxyl groups is 1. The second-order valence-corrected chi connectivity index (χ2v) is 15.0. The van der Waals surface area contributed by atoms with Crippen molar-refractivity contribution in [3.8, 4) is 23.0 Å². The maximum absolute atomic E-state index is 11.0. The lowest BCUT2D eigenvalue weighted by Gasteiger charge is -2.33. The zero-order chi connectivity index (χ0) is 29.7. The van der Waals surface area contributed by atoms with Gasteiger partial charge in [0.05, 0.1) is 27.4 Å². The van der Waals surface area contributed by atoms with Crippen molar-refractivity contribution < 1.29 is 24.4 Å². The number of aliphatic hydroxyl groups excluding tert-OH is 1. The molecule has 8 heteroatoms. The highest BCUT2D eigenvalue weighted by Crippen LogP contribution is 2.43. The minimum absolute atomic E-state index is 0.161. The van der Waals surface area contributed by atoms with Crippen molar-refractivity contribution in [3.05, 3.63) is 41.0 Å². The lowest BCUT2D eigenvalue weighted by atomic mass is 9.79. The van der Waals surface area contributed by atoms with Gasteiger partial charge in [-0.15, -0.1) is 11.8 Å². The molecule has 0 bridgehead atoms. The summed E-state index contributed by atoms with van der Waals surface area (Å²) in [4.78, 5) is 3.49. The average molecular weight is 592 g/mol. The molecule has 0 aliphatic carbocycles. The van der Waals surface area contributed by atoms with Gasteiger partial charge < -0.3 is 29.3 Å². The van der Waals surface area contributed by atoms with Crippen LogP contribution in [-0.2, 0) is 16.6 Å². The van der Waals surface area contributed by atoms with Crippen LogP contribution in [0.5, 0.6) is 23.0 Å². The molecule has 2 aromatic carbocycles. The maximum Gasteiger partial charge on any atom is 0.203 e. The van der Waals surface area contributed by atoms with Crippen LogP contribution in [0.25, 0.3) is 0 Å². The molecule has 0 amide bonds. The van der Waals surface area contributed by atoms with Gasteiger partial charge in [-0.05, 0) is 55.0 Å². The highest BCUT2D eigenvalue weighted by Gasteiger charge is 2.27. The Morgan fingerprint density at radius 3 is 1.98 bits per heavy atom. The number of β-amino-alcohol motifs (C(OH)–C–C–N with tert-alkyl or cyclic N) is 1. The van der Waals surface area contributed by atoms with Crippen molar-refractivity contribution in [2.45, 2.75) is 87.2 Å². The molecule has 1 saturated heterocycles. The van der Waals surface area contributed by atoms with E-state index < -0.39 is 6.10 Å². The molecule has 1 unspecified atom stereocenters. The van der Waals surface area contributed by atoms with Gasteiger partial charge in [-0.2, -0.15) is 11.8 Å². The minimum Gasteiger partial charge on any atom is -0.507 e. The molecule has 40 heavy (non-hydrogen) atoms. The molecular formula is C32H49NO5S2. The summed E-state index contributed by atoms with van der Waals surface area (Å²) in [5.74, 6) is 3.94. The van der Waals surface area contributed by atoms with Crippen molar-refractivity contribution in [1.29, 1.82) is 0 Å². The zero-order valence-corrected chi connectivity index (χ0v) is 27.4. The number of hydrogen-bond donors (Lipinski definition) is 2. The second kappa shape index (κ2) is 14.0. The van der Waals surface area contributed by atoms with Crippen LogP contribution < -0.4 is 14.2 Å². The Labute approximate surface area is 250 Å². The van der Waals surface area contributed by atoms with E-state index in [1.807, 2.05) is 17.8 Å². The molecule has 0 radical (unpaired) electrons. The smallest absolute Gasteiger partial charge is 0.203 e. The van der Waals surface area contributed by atoms with E-state index in [1.165, 1.54) is 0 Å². The number of benzene rings is 2. The van der Waals surface area contributed by atoms with Gasteiger partial charge in [0.1, 0.15) is 5.75 Å². The molecule has 2 N–H and O–H groups in total. The first-order valence-electron chi connectivity index (χ1n) is 14.1. The number of nitrogens with zero attached hydrogens (tertiary/aromatic N) is 1. The zero-order valence-electron chi connectivity index (χ0n) is 25.8. The highest BCUT2D eigenvalue weighted by molar-refractivity contribution is 7.99. The Morgan fingerprint density at radius 2 is 1.48 bits per heavy atom. The molecule has 1 fully saturated rings. The van der Waals surface area contributed by atoms with Crippen LogP contribution in [0.3, 0.4) is 0 Å². The topological polar surface area (TPSA) is 71.4 Å². The van der Waals surface area contributed by atoms with Crippen molar-refractivity contribution in [2.24, 2.45) is 0 Å². The summed E-state index contributed by atoms with van der Waals surface area (Å²) in [5.41, 5.74) is 2.71. The lowest BCUT2D eigenvalue weighted by Crippen LogP contribution is -2.40. The standard InChI is InChI=1S/C32H49NO5S2/c1-31(2,3)25-16-24(17-26(28(25)35)32(4,5)6)40-20-22(34)18-33-14-12-23(13-15-33)39-19-21-10-11-27(36-7)30(38-9)29(21)37-8/h10-11,16-17,22-23,34-35H,12-15,18-20H2,1-9H3. The van der Waals surface area contributed by atoms with Gasteiger partial charge in [0, 0.05) is 44.9 Å². The monoisotopic (exact) mass is 591 g/mol. The van der Waals surface area contributed by atoms with Gasteiger partial charge in [-0.1, -0.05) is 47.6 Å². The molecule has 1 aliphatic rings. The van der Waals surface area contributed by atoms with Crippen LogP contribution in [0.1, 0.15) is 71.1 Å². The van der Waals surface area contributed by atoms with Gasteiger partial charge >= 0.3 is 0 Å². The van der Waals surface area contributed by atoms with Crippen LogP contribution in [0.4, 0.5) is 0 Å². The van der Waals surface area contributed by atoms with Crippen molar-refractivity contribution in [2.75, 3.05) is 46.7 Å².